The second-order valence-corrected chi connectivity index (χ2v) is 6.90. The molecule has 0 unspecified atom stereocenters. The zero-order valence-corrected chi connectivity index (χ0v) is 16.8. The lowest BCUT2D eigenvalue weighted by atomic mass is 10.1. The van der Waals surface area contributed by atoms with E-state index in [0.717, 1.165) is 30.0 Å². The molecule has 0 radical (unpaired) electrons. The van der Waals surface area contributed by atoms with Crippen LogP contribution in [0.2, 0.25) is 5.02 Å². The van der Waals surface area contributed by atoms with Gasteiger partial charge >= 0.3 is 0 Å². The van der Waals surface area contributed by atoms with E-state index in [-0.39, 0.29) is 5.91 Å². The molecular weight excluding hydrogens is 362 g/mol. The molecule has 6 nitrogen and oxygen atoms in total. The summed E-state index contributed by atoms with van der Waals surface area (Å²) in [7, 11) is 0. The smallest absolute Gasteiger partial charge is 0.275 e. The third-order valence-electron chi connectivity index (χ3n) is 4.64. The normalized spacial score (nSPS) is 11.0. The Bertz CT molecular complexity index is 959. The highest BCUT2D eigenvalue weighted by atomic mass is 35.5. The van der Waals surface area contributed by atoms with E-state index in [1.807, 2.05) is 43.7 Å². The first-order chi connectivity index (χ1) is 12.9. The van der Waals surface area contributed by atoms with Crippen molar-refractivity contribution < 1.29 is 4.79 Å². The van der Waals surface area contributed by atoms with Crippen molar-refractivity contribution in [2.24, 2.45) is 0 Å². The first-order valence-electron chi connectivity index (χ1n) is 9.04. The second kappa shape index (κ2) is 7.96. The minimum atomic E-state index is -0.267. The van der Waals surface area contributed by atoms with Crippen molar-refractivity contribution in [2.75, 3.05) is 5.32 Å². The average Bonchev–Trinajstić information content (AvgIpc) is 3.10. The van der Waals surface area contributed by atoms with E-state index in [1.54, 1.807) is 11.6 Å². The number of aryl methyl sites for hydroxylation is 5. The van der Waals surface area contributed by atoms with E-state index < -0.39 is 0 Å². The summed E-state index contributed by atoms with van der Waals surface area (Å²) in [5.41, 5.74) is 4.72. The maximum atomic E-state index is 12.8. The van der Waals surface area contributed by atoms with Gasteiger partial charge in [0.15, 0.2) is 0 Å². The fraction of sp³-hybridized carbons (Fsp3) is 0.350. The summed E-state index contributed by atoms with van der Waals surface area (Å²) in [6.45, 7) is 8.90. The van der Waals surface area contributed by atoms with Crippen LogP contribution in [0.1, 0.15) is 40.1 Å². The van der Waals surface area contributed by atoms with Crippen LogP contribution in [-0.4, -0.2) is 25.5 Å². The summed E-state index contributed by atoms with van der Waals surface area (Å²) in [4.78, 5) is 12.8. The van der Waals surface area contributed by atoms with Crippen LogP contribution >= 0.6 is 11.6 Å². The fourth-order valence-electron chi connectivity index (χ4n) is 3.15. The lowest BCUT2D eigenvalue weighted by Crippen LogP contribution is -2.18. The number of aromatic nitrogens is 4. The number of hydrogen-bond acceptors (Lipinski definition) is 3. The first kappa shape index (κ1) is 19.2. The van der Waals surface area contributed by atoms with Crippen molar-refractivity contribution in [1.82, 2.24) is 19.6 Å². The van der Waals surface area contributed by atoms with Crippen LogP contribution in [0.3, 0.4) is 0 Å². The maximum Gasteiger partial charge on any atom is 0.275 e. The third kappa shape index (κ3) is 3.90. The number of nitrogens with zero attached hydrogens (tertiary/aromatic N) is 4. The number of anilines is 1. The van der Waals surface area contributed by atoms with Crippen LogP contribution in [0, 0.1) is 20.8 Å². The topological polar surface area (TPSA) is 64.7 Å². The molecule has 27 heavy (non-hydrogen) atoms. The molecule has 1 N–H and O–H groups in total. The number of carbonyl (C=O) groups is 1. The first-order valence-corrected chi connectivity index (χ1v) is 9.42. The molecule has 0 saturated heterocycles. The molecule has 7 heteroatoms. The number of halogens is 1. The third-order valence-corrected chi connectivity index (χ3v) is 5.10. The molecule has 2 heterocycles. The predicted molar refractivity (Wildman–Crippen MR) is 107 cm³/mol. The van der Waals surface area contributed by atoms with Crippen LogP contribution in [0.25, 0.3) is 0 Å². The Hall–Kier alpha value is -2.60. The van der Waals surface area contributed by atoms with Gasteiger partial charge in [0.05, 0.1) is 27.8 Å². The van der Waals surface area contributed by atoms with Crippen LogP contribution in [0.5, 0.6) is 0 Å². The molecule has 1 amide bonds. The molecular formula is C20H24ClN5O. The minimum Gasteiger partial charge on any atom is -0.317 e. The summed E-state index contributed by atoms with van der Waals surface area (Å²) in [5.74, 6) is -0.267. The van der Waals surface area contributed by atoms with Crippen molar-refractivity contribution in [3.05, 3.63) is 63.7 Å². The molecule has 0 saturated carbocycles. The number of nitrogens with one attached hydrogen (secondary N) is 1. The molecule has 0 aliphatic heterocycles. The maximum absolute atomic E-state index is 12.8. The fourth-order valence-corrected chi connectivity index (χ4v) is 3.37. The van der Waals surface area contributed by atoms with Crippen molar-refractivity contribution in [2.45, 2.75) is 47.2 Å². The molecule has 3 aromatic rings. The summed E-state index contributed by atoms with van der Waals surface area (Å²) >= 11 is 6.29. The number of rotatable bonds is 6. The van der Waals surface area contributed by atoms with Crippen LogP contribution in [-0.2, 0) is 19.5 Å². The van der Waals surface area contributed by atoms with E-state index in [4.69, 9.17) is 11.6 Å². The van der Waals surface area contributed by atoms with Gasteiger partial charge in [-0.25, -0.2) is 0 Å². The van der Waals surface area contributed by atoms with Gasteiger partial charge in [-0.15, -0.1) is 0 Å². The average molecular weight is 386 g/mol. The van der Waals surface area contributed by atoms with Gasteiger partial charge in [-0.2, -0.15) is 10.2 Å². The molecule has 142 valence electrons. The Kier molecular flexibility index (Phi) is 5.65. The van der Waals surface area contributed by atoms with Gasteiger partial charge in [0.25, 0.3) is 5.91 Å². The van der Waals surface area contributed by atoms with E-state index in [0.29, 0.717) is 23.0 Å². The van der Waals surface area contributed by atoms with Crippen molar-refractivity contribution in [3.63, 3.8) is 0 Å². The second-order valence-electron chi connectivity index (χ2n) is 6.52. The lowest BCUT2D eigenvalue weighted by molar-refractivity contribution is 0.101. The van der Waals surface area contributed by atoms with Crippen LogP contribution in [0.4, 0.5) is 5.69 Å². The van der Waals surface area contributed by atoms with Crippen molar-refractivity contribution >= 4 is 23.2 Å². The number of amides is 1. The zero-order valence-electron chi connectivity index (χ0n) is 16.1. The number of carbonyl (C=O) groups excluding carboxylic acids is 1. The van der Waals surface area contributed by atoms with Gasteiger partial charge in [-0.05, 0) is 39.7 Å². The molecule has 0 aliphatic carbocycles. The Morgan fingerprint density at radius 2 is 1.74 bits per heavy atom. The molecule has 2 aromatic heterocycles. The molecule has 0 spiro atoms. The highest BCUT2D eigenvalue weighted by Gasteiger charge is 2.22. The molecule has 1 aromatic carbocycles. The zero-order chi connectivity index (χ0) is 19.6. The van der Waals surface area contributed by atoms with E-state index >= 15 is 0 Å². The van der Waals surface area contributed by atoms with Crippen LogP contribution in [0.15, 0.2) is 30.3 Å². The largest absolute Gasteiger partial charge is 0.317 e. The highest BCUT2D eigenvalue weighted by molar-refractivity contribution is 6.34. The van der Waals surface area contributed by atoms with E-state index in [2.05, 4.69) is 27.6 Å². The summed E-state index contributed by atoms with van der Waals surface area (Å²) in [6, 6.07) is 10.3. The summed E-state index contributed by atoms with van der Waals surface area (Å²) in [5, 5.41) is 12.3. The van der Waals surface area contributed by atoms with Gasteiger partial charge in [0.2, 0.25) is 0 Å². The van der Waals surface area contributed by atoms with Gasteiger partial charge < -0.3 is 5.32 Å². The van der Waals surface area contributed by atoms with E-state index in [1.165, 1.54) is 5.56 Å². The van der Waals surface area contributed by atoms with Crippen molar-refractivity contribution in [1.29, 1.82) is 0 Å². The quantitative estimate of drug-likeness (QED) is 0.692. The number of hydrogen-bond donors (Lipinski definition) is 1. The summed E-state index contributed by atoms with van der Waals surface area (Å²) in [6.07, 6.45) is 0.879. The molecule has 0 bridgehead atoms. The molecule has 0 aliphatic rings. The summed E-state index contributed by atoms with van der Waals surface area (Å²) < 4.78 is 3.55. The standard InChI is InChI=1S/C20H24ClN5O/c1-5-25-19(17(21)13(2)23-25)20(27)22-18-14(3)24-26(15(18)4)12-11-16-9-7-6-8-10-16/h6-10H,5,11-12H2,1-4H3,(H,22,27). The van der Waals surface area contributed by atoms with Gasteiger partial charge in [0.1, 0.15) is 5.69 Å². The van der Waals surface area contributed by atoms with Crippen LogP contribution < -0.4 is 5.32 Å². The molecule has 0 fully saturated rings. The van der Waals surface area contributed by atoms with Crippen molar-refractivity contribution in [3.8, 4) is 0 Å². The Balaban J connectivity index is 1.80. The van der Waals surface area contributed by atoms with Gasteiger partial charge in [-0.3, -0.25) is 14.2 Å². The number of benzene rings is 1. The molecule has 3 rings (SSSR count). The molecule has 0 atom stereocenters. The Labute approximate surface area is 164 Å². The minimum absolute atomic E-state index is 0.267. The predicted octanol–water partition coefficient (Wildman–Crippen LogP) is 4.17. The van der Waals surface area contributed by atoms with E-state index in [9.17, 15) is 4.79 Å². The lowest BCUT2D eigenvalue weighted by Gasteiger charge is -2.09. The van der Waals surface area contributed by atoms with Gasteiger partial charge in [0, 0.05) is 13.1 Å². The monoisotopic (exact) mass is 385 g/mol. The Morgan fingerprint density at radius 1 is 1.07 bits per heavy atom. The Morgan fingerprint density at radius 3 is 2.41 bits per heavy atom. The SMILES string of the molecule is CCn1nc(C)c(Cl)c1C(=O)Nc1c(C)nn(CCc2ccccc2)c1C. The highest BCUT2D eigenvalue weighted by Crippen LogP contribution is 2.24. The van der Waals surface area contributed by atoms with Gasteiger partial charge in [-0.1, -0.05) is 41.9 Å².